The lowest BCUT2D eigenvalue weighted by Gasteiger charge is -2.07. The van der Waals surface area contributed by atoms with E-state index in [0.29, 0.717) is 22.5 Å². The van der Waals surface area contributed by atoms with Gasteiger partial charge >= 0.3 is 0 Å². The van der Waals surface area contributed by atoms with Gasteiger partial charge in [0.15, 0.2) is 11.5 Å². The van der Waals surface area contributed by atoms with Crippen molar-refractivity contribution in [3.8, 4) is 11.5 Å². The second-order valence-electron chi connectivity index (χ2n) is 5.16. The summed E-state index contributed by atoms with van der Waals surface area (Å²) >= 11 is 1.44. The van der Waals surface area contributed by atoms with E-state index < -0.39 is 0 Å². The highest BCUT2D eigenvalue weighted by atomic mass is 32.1. The molecule has 2 aromatic rings. The van der Waals surface area contributed by atoms with E-state index in [1.807, 2.05) is 6.07 Å². The summed E-state index contributed by atoms with van der Waals surface area (Å²) in [6.07, 6.45) is 5.50. The third kappa shape index (κ3) is 3.87. The highest BCUT2D eigenvalue weighted by molar-refractivity contribution is 7.15. The molecular weight excluding hydrogens is 314 g/mol. The molecule has 1 fully saturated rings. The summed E-state index contributed by atoms with van der Waals surface area (Å²) in [6, 6.07) is 5.45. The maximum atomic E-state index is 11.9. The van der Waals surface area contributed by atoms with E-state index in [0.717, 1.165) is 10.6 Å². The molecule has 0 saturated heterocycles. The van der Waals surface area contributed by atoms with Crippen LogP contribution in [-0.2, 0) is 4.79 Å². The van der Waals surface area contributed by atoms with Gasteiger partial charge in [0.2, 0.25) is 11.0 Å². The van der Waals surface area contributed by atoms with Crippen LogP contribution in [0.25, 0.3) is 6.08 Å². The summed E-state index contributed by atoms with van der Waals surface area (Å²) < 4.78 is 10.4. The molecule has 23 heavy (non-hydrogen) atoms. The Balaban J connectivity index is 1.63. The van der Waals surface area contributed by atoms with Gasteiger partial charge in [-0.2, -0.15) is 0 Å². The van der Waals surface area contributed by atoms with Gasteiger partial charge in [-0.1, -0.05) is 17.4 Å². The van der Waals surface area contributed by atoms with Crippen LogP contribution in [0.2, 0.25) is 0 Å². The monoisotopic (exact) mass is 331 g/mol. The van der Waals surface area contributed by atoms with Crippen LogP contribution in [0.5, 0.6) is 11.5 Å². The number of nitrogens with one attached hydrogen (secondary N) is 1. The van der Waals surface area contributed by atoms with Gasteiger partial charge in [0.25, 0.3) is 0 Å². The molecule has 1 N–H and O–H groups in total. The van der Waals surface area contributed by atoms with Gasteiger partial charge in [-0.15, -0.1) is 10.2 Å². The summed E-state index contributed by atoms with van der Waals surface area (Å²) in [5.41, 5.74) is 0.841. The van der Waals surface area contributed by atoms with Gasteiger partial charge in [-0.25, -0.2) is 0 Å². The Morgan fingerprint density at radius 2 is 2.04 bits per heavy atom. The number of hydrogen-bond donors (Lipinski definition) is 1. The maximum Gasteiger partial charge on any atom is 0.250 e. The molecule has 3 rings (SSSR count). The fourth-order valence-corrected chi connectivity index (χ4v) is 2.97. The van der Waals surface area contributed by atoms with E-state index >= 15 is 0 Å². The number of methoxy groups -OCH3 is 2. The van der Waals surface area contributed by atoms with Crippen molar-refractivity contribution in [3.63, 3.8) is 0 Å². The number of anilines is 1. The molecule has 120 valence electrons. The number of carbonyl (C=O) groups is 1. The number of ether oxygens (including phenoxy) is 2. The summed E-state index contributed by atoms with van der Waals surface area (Å²) in [7, 11) is 3.16. The zero-order chi connectivity index (χ0) is 16.2. The smallest absolute Gasteiger partial charge is 0.250 e. The van der Waals surface area contributed by atoms with Crippen molar-refractivity contribution in [1.82, 2.24) is 10.2 Å². The topological polar surface area (TPSA) is 73.3 Å². The van der Waals surface area contributed by atoms with Crippen LogP contribution in [0, 0.1) is 0 Å². The van der Waals surface area contributed by atoms with Crippen LogP contribution >= 0.6 is 11.3 Å². The van der Waals surface area contributed by atoms with Crippen LogP contribution in [-0.4, -0.2) is 30.3 Å². The van der Waals surface area contributed by atoms with E-state index in [4.69, 9.17) is 9.47 Å². The summed E-state index contributed by atoms with van der Waals surface area (Å²) in [4.78, 5) is 11.9. The minimum atomic E-state index is -0.238. The minimum Gasteiger partial charge on any atom is -0.493 e. The SMILES string of the molecule is COc1ccc(C=CC(=O)Nc2nnc(C3CC3)s2)cc1OC. The van der Waals surface area contributed by atoms with E-state index in [1.54, 1.807) is 32.4 Å². The van der Waals surface area contributed by atoms with Gasteiger partial charge < -0.3 is 9.47 Å². The normalized spacial score (nSPS) is 14.0. The number of rotatable bonds is 6. The van der Waals surface area contributed by atoms with Gasteiger partial charge in [-0.3, -0.25) is 10.1 Å². The van der Waals surface area contributed by atoms with Crippen molar-refractivity contribution in [2.24, 2.45) is 0 Å². The number of amides is 1. The second-order valence-corrected chi connectivity index (χ2v) is 6.17. The van der Waals surface area contributed by atoms with Gasteiger partial charge in [0.1, 0.15) is 5.01 Å². The van der Waals surface area contributed by atoms with Crippen LogP contribution < -0.4 is 14.8 Å². The van der Waals surface area contributed by atoms with Crippen LogP contribution in [0.15, 0.2) is 24.3 Å². The second kappa shape index (κ2) is 6.78. The van der Waals surface area contributed by atoms with Crippen LogP contribution in [0.1, 0.15) is 29.3 Å². The highest BCUT2D eigenvalue weighted by Crippen LogP contribution is 2.42. The van der Waals surface area contributed by atoms with E-state index in [9.17, 15) is 4.79 Å². The Morgan fingerprint density at radius 3 is 2.74 bits per heavy atom. The molecule has 7 heteroatoms. The number of aromatic nitrogens is 2. The summed E-state index contributed by atoms with van der Waals surface area (Å²) in [5, 5.41) is 12.3. The molecule has 0 spiro atoms. The van der Waals surface area contributed by atoms with Crippen molar-refractivity contribution in [2.75, 3.05) is 19.5 Å². The lowest BCUT2D eigenvalue weighted by molar-refractivity contribution is -0.111. The Bertz CT molecular complexity index is 738. The van der Waals surface area contributed by atoms with Crippen molar-refractivity contribution < 1.29 is 14.3 Å². The quantitative estimate of drug-likeness (QED) is 0.824. The number of carbonyl (C=O) groups excluding carboxylic acids is 1. The maximum absolute atomic E-state index is 11.9. The zero-order valence-corrected chi connectivity index (χ0v) is 13.7. The molecule has 0 radical (unpaired) electrons. The van der Waals surface area contributed by atoms with Crippen LogP contribution in [0.3, 0.4) is 0 Å². The van der Waals surface area contributed by atoms with Crippen molar-refractivity contribution in [3.05, 3.63) is 34.8 Å². The summed E-state index contributed by atoms with van der Waals surface area (Å²) in [5.74, 6) is 1.57. The lowest BCUT2D eigenvalue weighted by Crippen LogP contribution is -2.07. The molecule has 0 atom stereocenters. The number of nitrogens with zero attached hydrogens (tertiary/aromatic N) is 2. The van der Waals surface area contributed by atoms with E-state index in [2.05, 4.69) is 15.5 Å². The predicted octanol–water partition coefficient (Wildman–Crippen LogP) is 3.08. The minimum absolute atomic E-state index is 0.238. The molecule has 1 aliphatic rings. The van der Waals surface area contributed by atoms with Crippen LogP contribution in [0.4, 0.5) is 5.13 Å². The van der Waals surface area contributed by atoms with Gasteiger partial charge in [0, 0.05) is 12.0 Å². The fourth-order valence-electron chi connectivity index (χ4n) is 2.06. The molecule has 1 amide bonds. The first kappa shape index (κ1) is 15.5. The average molecular weight is 331 g/mol. The molecule has 6 nitrogen and oxygen atoms in total. The highest BCUT2D eigenvalue weighted by Gasteiger charge is 2.27. The zero-order valence-electron chi connectivity index (χ0n) is 12.9. The fraction of sp³-hybridized carbons (Fsp3) is 0.312. The molecule has 1 saturated carbocycles. The van der Waals surface area contributed by atoms with Gasteiger partial charge in [-0.05, 0) is 36.6 Å². The molecule has 0 aliphatic heterocycles. The lowest BCUT2D eigenvalue weighted by atomic mass is 10.2. The first-order chi connectivity index (χ1) is 11.2. The first-order valence-corrected chi connectivity index (χ1v) is 8.05. The molecule has 1 aromatic heterocycles. The molecule has 0 unspecified atom stereocenters. The molecular formula is C16H17N3O3S. The summed E-state index contributed by atoms with van der Waals surface area (Å²) in [6.45, 7) is 0. The largest absolute Gasteiger partial charge is 0.493 e. The third-order valence-electron chi connectivity index (χ3n) is 3.43. The standard InChI is InChI=1S/C16H17N3O3S/c1-21-12-7-3-10(9-13(12)22-2)4-8-14(20)17-16-19-18-15(23-16)11-5-6-11/h3-4,7-9,11H,5-6H2,1-2H3,(H,17,19,20). The van der Waals surface area contributed by atoms with Gasteiger partial charge in [0.05, 0.1) is 14.2 Å². The van der Waals surface area contributed by atoms with E-state index in [1.165, 1.54) is 30.3 Å². The molecule has 1 heterocycles. The predicted molar refractivity (Wildman–Crippen MR) is 89.1 cm³/mol. The number of hydrogen-bond acceptors (Lipinski definition) is 6. The number of benzene rings is 1. The van der Waals surface area contributed by atoms with Crippen molar-refractivity contribution in [1.29, 1.82) is 0 Å². The third-order valence-corrected chi connectivity index (χ3v) is 4.43. The Morgan fingerprint density at radius 1 is 1.26 bits per heavy atom. The first-order valence-electron chi connectivity index (χ1n) is 7.24. The molecule has 1 aromatic carbocycles. The average Bonchev–Trinajstić information content (AvgIpc) is 3.32. The Kier molecular flexibility index (Phi) is 4.57. The molecule has 1 aliphatic carbocycles. The van der Waals surface area contributed by atoms with Crippen molar-refractivity contribution in [2.45, 2.75) is 18.8 Å². The Labute approximate surface area is 138 Å². The Hall–Kier alpha value is -2.41. The van der Waals surface area contributed by atoms with E-state index in [-0.39, 0.29) is 5.91 Å². The van der Waals surface area contributed by atoms with Crippen molar-refractivity contribution >= 4 is 28.5 Å². The molecule has 0 bridgehead atoms.